The van der Waals surface area contributed by atoms with Crippen LogP contribution >= 0.6 is 0 Å². The molecule has 0 heterocycles. The maximum Gasteiger partial charge on any atom is 0.303 e. The highest BCUT2D eigenvalue weighted by atomic mass is 16.4. The molecular weight excluding hydrogens is 212 g/mol. The van der Waals surface area contributed by atoms with Crippen molar-refractivity contribution in [3.63, 3.8) is 0 Å². The van der Waals surface area contributed by atoms with E-state index in [2.05, 4.69) is 20.8 Å². The first kappa shape index (κ1) is 12.9. The Hall–Kier alpha value is -0.530. The standard InChI is InChI=1S/C15H26O2/c1-10-6-7-15(3)12(9-14(16)17)5-4-11(2)13(15)8-10/h10-13H,4-9H2,1-3H3,(H,16,17). The molecule has 0 aliphatic heterocycles. The lowest BCUT2D eigenvalue weighted by atomic mass is 9.51. The van der Waals surface area contributed by atoms with Gasteiger partial charge in [-0.2, -0.15) is 0 Å². The van der Waals surface area contributed by atoms with Crippen molar-refractivity contribution in [1.82, 2.24) is 0 Å². The number of aliphatic carboxylic acids is 1. The molecule has 5 unspecified atom stereocenters. The van der Waals surface area contributed by atoms with Crippen molar-refractivity contribution < 1.29 is 9.90 Å². The molecule has 0 spiro atoms. The number of fused-ring (bicyclic) bond motifs is 1. The SMILES string of the molecule is CC1CCC2(C)C(CC(=O)O)CCC(C)C2C1. The normalized spacial score (nSPS) is 46.3. The van der Waals surface area contributed by atoms with Crippen LogP contribution in [0.4, 0.5) is 0 Å². The lowest BCUT2D eigenvalue weighted by molar-refractivity contribution is -0.142. The van der Waals surface area contributed by atoms with E-state index < -0.39 is 5.97 Å². The van der Waals surface area contributed by atoms with Crippen LogP contribution in [0.3, 0.4) is 0 Å². The molecule has 2 heteroatoms. The summed E-state index contributed by atoms with van der Waals surface area (Å²) in [5, 5.41) is 9.09. The maximum atomic E-state index is 11.0. The van der Waals surface area contributed by atoms with Crippen LogP contribution in [0.1, 0.15) is 59.3 Å². The van der Waals surface area contributed by atoms with Crippen molar-refractivity contribution in [3.8, 4) is 0 Å². The summed E-state index contributed by atoms with van der Waals surface area (Å²) in [7, 11) is 0. The summed E-state index contributed by atoms with van der Waals surface area (Å²) in [4.78, 5) is 11.0. The summed E-state index contributed by atoms with van der Waals surface area (Å²) >= 11 is 0. The van der Waals surface area contributed by atoms with Gasteiger partial charge in [0.2, 0.25) is 0 Å². The molecule has 2 aliphatic rings. The van der Waals surface area contributed by atoms with E-state index in [1.54, 1.807) is 0 Å². The molecule has 0 aromatic heterocycles. The van der Waals surface area contributed by atoms with Gasteiger partial charge in [0, 0.05) is 6.42 Å². The predicted molar refractivity (Wildman–Crippen MR) is 68.8 cm³/mol. The molecule has 2 nitrogen and oxygen atoms in total. The number of carboxylic acid groups (broad SMARTS) is 1. The Labute approximate surface area is 105 Å². The smallest absolute Gasteiger partial charge is 0.303 e. The minimum atomic E-state index is -0.608. The summed E-state index contributed by atoms with van der Waals surface area (Å²) < 4.78 is 0. The van der Waals surface area contributed by atoms with E-state index in [9.17, 15) is 4.79 Å². The quantitative estimate of drug-likeness (QED) is 0.791. The number of hydrogen-bond acceptors (Lipinski definition) is 1. The summed E-state index contributed by atoms with van der Waals surface area (Å²) in [6.07, 6.45) is 6.57. The van der Waals surface area contributed by atoms with Crippen molar-refractivity contribution in [2.24, 2.45) is 29.1 Å². The number of hydrogen-bond donors (Lipinski definition) is 1. The van der Waals surface area contributed by atoms with Gasteiger partial charge in [0.05, 0.1) is 0 Å². The second-order valence-corrected chi connectivity index (χ2v) is 6.84. The molecule has 0 bridgehead atoms. The number of carbonyl (C=O) groups is 1. The van der Waals surface area contributed by atoms with Crippen LogP contribution in [0.5, 0.6) is 0 Å². The maximum absolute atomic E-state index is 11.0. The second-order valence-electron chi connectivity index (χ2n) is 6.84. The van der Waals surface area contributed by atoms with E-state index in [4.69, 9.17) is 5.11 Å². The van der Waals surface area contributed by atoms with Crippen LogP contribution < -0.4 is 0 Å². The van der Waals surface area contributed by atoms with E-state index in [-0.39, 0.29) is 0 Å². The fourth-order valence-corrected chi connectivity index (χ4v) is 4.49. The largest absolute Gasteiger partial charge is 0.481 e. The Morgan fingerprint density at radius 3 is 2.65 bits per heavy atom. The van der Waals surface area contributed by atoms with E-state index in [0.29, 0.717) is 17.8 Å². The topological polar surface area (TPSA) is 37.3 Å². The van der Waals surface area contributed by atoms with E-state index in [0.717, 1.165) is 24.2 Å². The summed E-state index contributed by atoms with van der Waals surface area (Å²) in [5.74, 6) is 2.17. The van der Waals surface area contributed by atoms with Crippen LogP contribution in [0.15, 0.2) is 0 Å². The average Bonchev–Trinajstić information content (AvgIpc) is 2.25. The highest BCUT2D eigenvalue weighted by molar-refractivity contribution is 5.67. The molecule has 98 valence electrons. The van der Waals surface area contributed by atoms with Gasteiger partial charge in [0.25, 0.3) is 0 Å². The first-order valence-electron chi connectivity index (χ1n) is 7.15. The van der Waals surface area contributed by atoms with Crippen molar-refractivity contribution in [2.75, 3.05) is 0 Å². The Morgan fingerprint density at radius 2 is 2.00 bits per heavy atom. The monoisotopic (exact) mass is 238 g/mol. The van der Waals surface area contributed by atoms with Crippen molar-refractivity contribution in [1.29, 1.82) is 0 Å². The van der Waals surface area contributed by atoms with Crippen molar-refractivity contribution in [2.45, 2.75) is 59.3 Å². The first-order valence-corrected chi connectivity index (χ1v) is 7.15. The molecular formula is C15H26O2. The average molecular weight is 238 g/mol. The lowest BCUT2D eigenvalue weighted by Gasteiger charge is -2.54. The highest BCUT2D eigenvalue weighted by Gasteiger charge is 2.49. The third kappa shape index (κ3) is 2.36. The zero-order chi connectivity index (χ0) is 12.6. The highest BCUT2D eigenvalue weighted by Crippen LogP contribution is 2.57. The van der Waals surface area contributed by atoms with E-state index in [1.807, 2.05) is 0 Å². The first-order chi connectivity index (χ1) is 7.93. The molecule has 0 aromatic rings. The molecule has 2 fully saturated rings. The van der Waals surface area contributed by atoms with Crippen LogP contribution in [0.2, 0.25) is 0 Å². The molecule has 0 radical (unpaired) electrons. The zero-order valence-electron chi connectivity index (χ0n) is 11.4. The Kier molecular flexibility index (Phi) is 3.51. The molecule has 0 saturated heterocycles. The Morgan fingerprint density at radius 1 is 1.29 bits per heavy atom. The zero-order valence-corrected chi connectivity index (χ0v) is 11.4. The number of rotatable bonds is 2. The van der Waals surface area contributed by atoms with Gasteiger partial charge >= 0.3 is 5.97 Å². The third-order valence-electron chi connectivity index (χ3n) is 5.69. The fraction of sp³-hybridized carbons (Fsp3) is 0.933. The summed E-state index contributed by atoms with van der Waals surface area (Å²) in [5.41, 5.74) is 0.294. The van der Waals surface area contributed by atoms with Crippen LogP contribution in [-0.2, 0) is 4.79 Å². The van der Waals surface area contributed by atoms with Gasteiger partial charge < -0.3 is 5.11 Å². The van der Waals surface area contributed by atoms with Crippen molar-refractivity contribution in [3.05, 3.63) is 0 Å². The fourth-order valence-electron chi connectivity index (χ4n) is 4.49. The predicted octanol–water partition coefficient (Wildman–Crippen LogP) is 3.95. The molecule has 17 heavy (non-hydrogen) atoms. The number of carboxylic acids is 1. The van der Waals surface area contributed by atoms with Gasteiger partial charge in [-0.1, -0.05) is 33.6 Å². The van der Waals surface area contributed by atoms with Gasteiger partial charge in [-0.3, -0.25) is 4.79 Å². The van der Waals surface area contributed by atoms with Gasteiger partial charge in [-0.25, -0.2) is 0 Å². The van der Waals surface area contributed by atoms with Crippen molar-refractivity contribution >= 4 is 5.97 Å². The molecule has 5 atom stereocenters. The summed E-state index contributed by atoms with van der Waals surface area (Å²) in [6.45, 7) is 7.10. The van der Waals surface area contributed by atoms with Crippen LogP contribution in [0, 0.1) is 29.1 Å². The second kappa shape index (κ2) is 4.62. The minimum Gasteiger partial charge on any atom is -0.481 e. The molecule has 1 N–H and O–H groups in total. The minimum absolute atomic E-state index is 0.294. The molecule has 2 rings (SSSR count). The molecule has 2 aliphatic carbocycles. The Bertz CT molecular complexity index is 299. The van der Waals surface area contributed by atoms with Crippen LogP contribution in [0.25, 0.3) is 0 Å². The van der Waals surface area contributed by atoms with E-state index in [1.165, 1.54) is 25.7 Å². The van der Waals surface area contributed by atoms with E-state index >= 15 is 0 Å². The van der Waals surface area contributed by atoms with Gasteiger partial charge in [-0.05, 0) is 48.3 Å². The third-order valence-corrected chi connectivity index (χ3v) is 5.69. The Balaban J connectivity index is 2.18. The molecule has 0 amide bonds. The lowest BCUT2D eigenvalue weighted by Crippen LogP contribution is -2.46. The van der Waals surface area contributed by atoms with Crippen LogP contribution in [-0.4, -0.2) is 11.1 Å². The van der Waals surface area contributed by atoms with Gasteiger partial charge in [-0.15, -0.1) is 0 Å². The molecule has 2 saturated carbocycles. The van der Waals surface area contributed by atoms with Gasteiger partial charge in [0.15, 0.2) is 0 Å². The molecule has 0 aromatic carbocycles. The van der Waals surface area contributed by atoms with Gasteiger partial charge in [0.1, 0.15) is 0 Å². The summed E-state index contributed by atoms with van der Waals surface area (Å²) in [6, 6.07) is 0.